The molecule has 1 aromatic heterocycles. The quantitative estimate of drug-likeness (QED) is 0.493. The standard InChI is InChI=1S/C24H24N4O3S2/c1-5-12-28-21(30)24(33-22(28)32)18(15-8-10-25-11-9-15)14-26(2)23(24)17-13-16(31-4)6-7-19(17)27(3)20(23)29/h5-11,13,18H,1,12,14H2,2-4H3/t18?,23-,24+/m1/s1. The van der Waals surface area contributed by atoms with Crippen molar-refractivity contribution >= 4 is 45.8 Å². The van der Waals surface area contributed by atoms with Crippen LogP contribution >= 0.6 is 24.0 Å². The van der Waals surface area contributed by atoms with Crippen molar-refractivity contribution in [1.29, 1.82) is 0 Å². The summed E-state index contributed by atoms with van der Waals surface area (Å²) in [7, 11) is 5.27. The maximum Gasteiger partial charge on any atom is 0.254 e. The SMILES string of the molecule is C=CCN1C(=O)[C@@]2(SC1=S)C(c1ccncc1)CN(C)[C@]21C(=O)N(C)c2ccc(OC)cc21. The Morgan fingerprint density at radius 2 is 1.97 bits per heavy atom. The highest BCUT2D eigenvalue weighted by Gasteiger charge is 2.78. The van der Waals surface area contributed by atoms with Crippen LogP contribution in [-0.2, 0) is 15.1 Å². The predicted octanol–water partition coefficient (Wildman–Crippen LogP) is 2.78. The lowest BCUT2D eigenvalue weighted by Gasteiger charge is -2.42. The number of carbonyl (C=O) groups excluding carboxylic acids is 2. The number of hydrogen-bond acceptors (Lipinski definition) is 7. The van der Waals surface area contributed by atoms with Gasteiger partial charge in [0.1, 0.15) is 14.8 Å². The van der Waals surface area contributed by atoms with Crippen LogP contribution in [0.1, 0.15) is 17.0 Å². The molecule has 0 saturated carbocycles. The van der Waals surface area contributed by atoms with E-state index in [1.807, 2.05) is 42.3 Å². The Bertz CT molecular complexity index is 1190. The number of pyridine rings is 1. The number of aromatic nitrogens is 1. The Balaban J connectivity index is 1.84. The van der Waals surface area contributed by atoms with Crippen molar-refractivity contribution in [2.45, 2.75) is 16.2 Å². The molecule has 0 N–H and O–H groups in total. The number of rotatable bonds is 4. The molecule has 7 nitrogen and oxygen atoms in total. The summed E-state index contributed by atoms with van der Waals surface area (Å²) in [6.07, 6.45) is 5.10. The maximum atomic E-state index is 14.4. The third-order valence-corrected chi connectivity index (χ3v) is 9.02. The Kier molecular flexibility index (Phi) is 5.11. The summed E-state index contributed by atoms with van der Waals surface area (Å²) in [5.74, 6) is 0.0354. The van der Waals surface area contributed by atoms with E-state index in [9.17, 15) is 9.59 Å². The second-order valence-electron chi connectivity index (χ2n) is 8.48. The second kappa shape index (κ2) is 7.65. The van der Waals surface area contributed by atoms with Gasteiger partial charge in [-0.05, 0) is 42.9 Å². The molecule has 1 aromatic carbocycles. The van der Waals surface area contributed by atoms with Crippen LogP contribution in [0.3, 0.4) is 0 Å². The number of thiocarbonyl (C=S) groups is 1. The third-order valence-electron chi connectivity index (χ3n) is 7.08. The molecule has 2 fully saturated rings. The number of likely N-dealkylation sites (N-methyl/N-ethyl adjacent to an activating group) is 2. The predicted molar refractivity (Wildman–Crippen MR) is 133 cm³/mol. The molecular weight excluding hydrogens is 456 g/mol. The largest absolute Gasteiger partial charge is 0.497 e. The van der Waals surface area contributed by atoms with Gasteiger partial charge in [0.25, 0.3) is 5.91 Å². The van der Waals surface area contributed by atoms with E-state index in [2.05, 4.69) is 11.6 Å². The van der Waals surface area contributed by atoms with Crippen molar-refractivity contribution in [3.05, 3.63) is 66.5 Å². The second-order valence-corrected chi connectivity index (χ2v) is 10.4. The van der Waals surface area contributed by atoms with Crippen molar-refractivity contribution in [1.82, 2.24) is 14.8 Å². The van der Waals surface area contributed by atoms with E-state index in [0.717, 1.165) is 16.8 Å². The molecule has 0 radical (unpaired) electrons. The van der Waals surface area contributed by atoms with E-state index in [1.54, 1.807) is 42.4 Å². The normalized spacial score (nSPS) is 28.9. The third kappa shape index (κ3) is 2.61. The summed E-state index contributed by atoms with van der Waals surface area (Å²) < 4.78 is 4.79. The number of hydrogen-bond donors (Lipinski definition) is 0. The number of ether oxygens (including phenoxy) is 1. The van der Waals surface area contributed by atoms with Crippen molar-refractivity contribution in [3.63, 3.8) is 0 Å². The molecule has 0 aliphatic carbocycles. The Morgan fingerprint density at radius 1 is 1.24 bits per heavy atom. The molecule has 4 heterocycles. The lowest BCUT2D eigenvalue weighted by molar-refractivity contribution is -0.138. The highest BCUT2D eigenvalue weighted by molar-refractivity contribution is 8.25. The fourth-order valence-corrected chi connectivity index (χ4v) is 7.83. The van der Waals surface area contributed by atoms with E-state index in [4.69, 9.17) is 17.0 Å². The molecule has 2 spiro atoms. The van der Waals surface area contributed by atoms with Crippen LogP contribution in [0.15, 0.2) is 55.4 Å². The van der Waals surface area contributed by atoms with Crippen molar-refractivity contribution < 1.29 is 14.3 Å². The molecular formula is C24H24N4O3S2. The van der Waals surface area contributed by atoms with Gasteiger partial charge in [0, 0.05) is 49.7 Å². The number of methoxy groups -OCH3 is 1. The fraction of sp³-hybridized carbons (Fsp3) is 0.333. The van der Waals surface area contributed by atoms with Gasteiger partial charge < -0.3 is 9.64 Å². The minimum absolute atomic E-state index is 0.145. The van der Waals surface area contributed by atoms with E-state index in [0.29, 0.717) is 23.2 Å². The van der Waals surface area contributed by atoms with Gasteiger partial charge in [0.15, 0.2) is 5.54 Å². The number of likely N-dealkylation sites (tertiary alicyclic amines) is 1. The van der Waals surface area contributed by atoms with Crippen molar-refractivity contribution in [3.8, 4) is 5.75 Å². The molecule has 5 rings (SSSR count). The lowest BCUT2D eigenvalue weighted by atomic mass is 9.72. The molecule has 170 valence electrons. The van der Waals surface area contributed by atoms with E-state index < -0.39 is 10.3 Å². The molecule has 2 aromatic rings. The number of fused-ring (bicyclic) bond motifs is 3. The monoisotopic (exact) mass is 480 g/mol. The van der Waals surface area contributed by atoms with Crippen LogP contribution in [0.5, 0.6) is 5.75 Å². The molecule has 3 aliphatic rings. The fourth-order valence-electron chi connectivity index (χ4n) is 5.69. The van der Waals surface area contributed by atoms with Crippen molar-refractivity contribution in [2.75, 3.05) is 39.2 Å². The summed E-state index contributed by atoms with van der Waals surface area (Å²) in [6, 6.07) is 9.44. The molecule has 2 amide bonds. The molecule has 2 saturated heterocycles. The van der Waals surface area contributed by atoms with Crippen LogP contribution in [0, 0.1) is 0 Å². The Hall–Kier alpha value is -2.75. The average molecular weight is 481 g/mol. The molecule has 33 heavy (non-hydrogen) atoms. The summed E-state index contributed by atoms with van der Waals surface area (Å²) >= 11 is 7.03. The minimum Gasteiger partial charge on any atom is -0.497 e. The zero-order valence-electron chi connectivity index (χ0n) is 18.6. The smallest absolute Gasteiger partial charge is 0.254 e. The molecule has 3 atom stereocenters. The Labute approximate surface area is 202 Å². The van der Waals surface area contributed by atoms with Gasteiger partial charge in [0.05, 0.1) is 7.11 Å². The summed E-state index contributed by atoms with van der Waals surface area (Å²) in [5, 5.41) is 0. The highest BCUT2D eigenvalue weighted by Crippen LogP contribution is 2.66. The average Bonchev–Trinajstić information content (AvgIpc) is 3.33. The van der Waals surface area contributed by atoms with Gasteiger partial charge in [-0.15, -0.1) is 6.58 Å². The zero-order valence-corrected chi connectivity index (χ0v) is 20.3. The van der Waals surface area contributed by atoms with Crippen LogP contribution < -0.4 is 9.64 Å². The van der Waals surface area contributed by atoms with Gasteiger partial charge >= 0.3 is 0 Å². The zero-order chi connectivity index (χ0) is 23.5. The number of thioether (sulfide) groups is 1. The minimum atomic E-state index is -1.25. The van der Waals surface area contributed by atoms with Gasteiger partial charge in [0.2, 0.25) is 5.91 Å². The molecule has 1 unspecified atom stereocenters. The Morgan fingerprint density at radius 3 is 2.64 bits per heavy atom. The number of anilines is 1. The first kappa shape index (κ1) is 22.1. The van der Waals surface area contributed by atoms with E-state index >= 15 is 0 Å². The summed E-state index contributed by atoms with van der Waals surface area (Å²) in [4.78, 5) is 38.0. The first-order valence-electron chi connectivity index (χ1n) is 10.6. The maximum absolute atomic E-state index is 14.4. The summed E-state index contributed by atoms with van der Waals surface area (Å²) in [5.41, 5.74) is 1.23. The molecule has 9 heteroatoms. The van der Waals surface area contributed by atoms with Crippen molar-refractivity contribution in [2.24, 2.45) is 0 Å². The molecule has 0 bridgehead atoms. The van der Waals surface area contributed by atoms with Crippen LogP contribution in [0.2, 0.25) is 0 Å². The van der Waals surface area contributed by atoms with Crippen LogP contribution in [0.4, 0.5) is 5.69 Å². The van der Waals surface area contributed by atoms with Gasteiger partial charge in [-0.3, -0.25) is 24.4 Å². The highest BCUT2D eigenvalue weighted by atomic mass is 32.2. The topological polar surface area (TPSA) is 66.0 Å². The number of amides is 2. The van der Waals surface area contributed by atoms with E-state index in [1.165, 1.54) is 11.8 Å². The molecule has 3 aliphatic heterocycles. The number of nitrogens with zero attached hydrogens (tertiary/aromatic N) is 4. The van der Waals surface area contributed by atoms with Gasteiger partial charge in [-0.2, -0.15) is 0 Å². The first-order chi connectivity index (χ1) is 15.8. The van der Waals surface area contributed by atoms with Gasteiger partial charge in [-0.1, -0.05) is 30.1 Å². The van der Waals surface area contributed by atoms with Gasteiger partial charge in [-0.25, -0.2) is 0 Å². The van der Waals surface area contributed by atoms with E-state index in [-0.39, 0.29) is 17.7 Å². The number of benzene rings is 1. The van der Waals surface area contributed by atoms with Crippen LogP contribution in [0.25, 0.3) is 0 Å². The lowest BCUT2D eigenvalue weighted by Crippen LogP contribution is -2.62. The summed E-state index contributed by atoms with van der Waals surface area (Å²) in [6.45, 7) is 4.60. The van der Waals surface area contributed by atoms with Crippen LogP contribution in [-0.4, -0.2) is 70.0 Å². The first-order valence-corrected chi connectivity index (χ1v) is 11.8. The number of carbonyl (C=O) groups is 2.